The zero-order valence-electron chi connectivity index (χ0n) is 21.1. The highest BCUT2D eigenvalue weighted by molar-refractivity contribution is 7.89. The van der Waals surface area contributed by atoms with Gasteiger partial charge in [0.25, 0.3) is 0 Å². The minimum Gasteiger partial charge on any atom is -0.493 e. The summed E-state index contributed by atoms with van der Waals surface area (Å²) in [4.78, 5) is 15.1. The fraction of sp³-hybridized carbons (Fsp3) is 0.370. The van der Waals surface area contributed by atoms with Gasteiger partial charge in [-0.3, -0.25) is 4.79 Å². The molecular formula is C27H32N2O6S. The lowest BCUT2D eigenvalue weighted by atomic mass is 9.96. The van der Waals surface area contributed by atoms with E-state index in [9.17, 15) is 13.2 Å². The second-order valence-electron chi connectivity index (χ2n) is 8.92. The molecule has 3 aromatic carbocycles. The van der Waals surface area contributed by atoms with Crippen molar-refractivity contribution in [2.24, 2.45) is 5.92 Å². The molecule has 9 heteroatoms. The van der Waals surface area contributed by atoms with Crippen LogP contribution in [0.25, 0.3) is 10.8 Å². The first-order chi connectivity index (χ1) is 17.3. The number of methoxy groups -OCH3 is 3. The topological polar surface area (TPSA) is 85.4 Å². The number of piperidine rings is 1. The molecule has 3 aromatic rings. The summed E-state index contributed by atoms with van der Waals surface area (Å²) < 4.78 is 44.2. The molecule has 0 aromatic heterocycles. The lowest BCUT2D eigenvalue weighted by Crippen LogP contribution is -2.43. The number of amides is 1. The lowest BCUT2D eigenvalue weighted by molar-refractivity contribution is -0.135. The van der Waals surface area contributed by atoms with Crippen molar-refractivity contribution in [2.45, 2.75) is 24.3 Å². The molecule has 4 rings (SSSR count). The SMILES string of the molecule is COc1cc(CN(C)C(=O)C2CCN(S(=O)(=O)c3ccc4ccccc4c3)CC2)cc(OC)c1OC. The van der Waals surface area contributed by atoms with Gasteiger partial charge in [-0.1, -0.05) is 30.3 Å². The molecule has 0 aliphatic carbocycles. The Morgan fingerprint density at radius 3 is 2.11 bits per heavy atom. The van der Waals surface area contributed by atoms with Gasteiger partial charge in [0.2, 0.25) is 21.7 Å². The van der Waals surface area contributed by atoms with Crippen molar-refractivity contribution < 1.29 is 27.4 Å². The number of hydrogen-bond acceptors (Lipinski definition) is 6. The van der Waals surface area contributed by atoms with Crippen LogP contribution in [0, 0.1) is 5.92 Å². The zero-order valence-corrected chi connectivity index (χ0v) is 21.9. The van der Waals surface area contributed by atoms with Gasteiger partial charge in [-0.25, -0.2) is 8.42 Å². The van der Waals surface area contributed by atoms with Gasteiger partial charge in [-0.2, -0.15) is 4.31 Å². The first-order valence-electron chi connectivity index (χ1n) is 11.8. The third kappa shape index (κ3) is 5.12. The predicted octanol–water partition coefficient (Wildman–Crippen LogP) is 3.92. The molecule has 0 unspecified atom stereocenters. The number of carbonyl (C=O) groups is 1. The number of fused-ring (bicyclic) bond motifs is 1. The van der Waals surface area contributed by atoms with E-state index < -0.39 is 10.0 Å². The minimum atomic E-state index is -3.62. The standard InChI is InChI=1S/C27H32N2O6S/c1-28(18-19-15-24(33-2)26(35-4)25(16-19)34-3)27(30)21-11-13-29(14-12-21)36(31,32)23-10-9-20-7-5-6-8-22(20)17-23/h5-10,15-17,21H,11-14,18H2,1-4H3. The Morgan fingerprint density at radius 1 is 0.917 bits per heavy atom. The van der Waals surface area contributed by atoms with E-state index in [1.165, 1.54) is 4.31 Å². The summed E-state index contributed by atoms with van der Waals surface area (Å²) in [5.41, 5.74) is 0.844. The summed E-state index contributed by atoms with van der Waals surface area (Å²) in [5, 5.41) is 1.88. The summed E-state index contributed by atoms with van der Waals surface area (Å²) in [6, 6.07) is 16.5. The minimum absolute atomic E-state index is 0.00787. The monoisotopic (exact) mass is 512 g/mol. The molecule has 36 heavy (non-hydrogen) atoms. The van der Waals surface area contributed by atoms with E-state index in [-0.39, 0.29) is 16.7 Å². The van der Waals surface area contributed by atoms with Gasteiger partial charge in [0.15, 0.2) is 11.5 Å². The first-order valence-corrected chi connectivity index (χ1v) is 13.2. The third-order valence-electron chi connectivity index (χ3n) is 6.68. The number of rotatable bonds is 8. The maximum absolute atomic E-state index is 13.3. The summed E-state index contributed by atoms with van der Waals surface area (Å²) in [6.07, 6.45) is 0.955. The smallest absolute Gasteiger partial charge is 0.243 e. The molecule has 1 heterocycles. The summed E-state index contributed by atoms with van der Waals surface area (Å²) in [6.45, 7) is 0.984. The van der Waals surface area contributed by atoms with Crippen LogP contribution in [0.4, 0.5) is 0 Å². The number of nitrogens with zero attached hydrogens (tertiary/aromatic N) is 2. The van der Waals surface area contributed by atoms with Gasteiger partial charge in [-0.15, -0.1) is 0 Å². The van der Waals surface area contributed by atoms with E-state index >= 15 is 0 Å². The lowest BCUT2D eigenvalue weighted by Gasteiger charge is -2.32. The fourth-order valence-electron chi connectivity index (χ4n) is 4.71. The van der Waals surface area contributed by atoms with Crippen molar-refractivity contribution in [3.8, 4) is 17.2 Å². The van der Waals surface area contributed by atoms with Gasteiger partial charge in [0, 0.05) is 32.6 Å². The second kappa shape index (κ2) is 10.8. The Hall–Kier alpha value is -3.30. The molecule has 0 N–H and O–H groups in total. The average molecular weight is 513 g/mol. The molecule has 1 aliphatic heterocycles. The Kier molecular flexibility index (Phi) is 7.70. The van der Waals surface area contributed by atoms with Crippen LogP contribution in [0.5, 0.6) is 17.2 Å². The quantitative estimate of drug-likeness (QED) is 0.455. The van der Waals surface area contributed by atoms with Crippen LogP contribution in [0.3, 0.4) is 0 Å². The van der Waals surface area contributed by atoms with Crippen LogP contribution in [0.1, 0.15) is 18.4 Å². The Morgan fingerprint density at radius 2 is 1.53 bits per heavy atom. The van der Waals surface area contributed by atoms with Crippen LogP contribution in [-0.4, -0.2) is 65.0 Å². The van der Waals surface area contributed by atoms with Crippen LogP contribution in [0.2, 0.25) is 0 Å². The van der Waals surface area contributed by atoms with Gasteiger partial charge in [0.1, 0.15) is 0 Å². The van der Waals surface area contributed by atoms with Crippen molar-refractivity contribution in [3.05, 3.63) is 60.2 Å². The maximum Gasteiger partial charge on any atom is 0.243 e. The van der Waals surface area contributed by atoms with Crippen molar-refractivity contribution in [1.82, 2.24) is 9.21 Å². The highest BCUT2D eigenvalue weighted by Crippen LogP contribution is 2.38. The molecule has 0 bridgehead atoms. The normalized spacial score (nSPS) is 15.0. The summed E-state index contributed by atoms with van der Waals surface area (Å²) in [5.74, 6) is 1.31. The Balaban J connectivity index is 1.41. The maximum atomic E-state index is 13.3. The average Bonchev–Trinajstić information content (AvgIpc) is 2.91. The van der Waals surface area contributed by atoms with Crippen LogP contribution >= 0.6 is 0 Å². The molecule has 1 amide bonds. The highest BCUT2D eigenvalue weighted by Gasteiger charge is 2.33. The van der Waals surface area contributed by atoms with E-state index in [1.807, 2.05) is 42.5 Å². The number of hydrogen-bond donors (Lipinski definition) is 0. The second-order valence-corrected chi connectivity index (χ2v) is 10.9. The van der Waals surface area contributed by atoms with Crippen molar-refractivity contribution in [1.29, 1.82) is 0 Å². The molecule has 1 aliphatic rings. The van der Waals surface area contributed by atoms with E-state index in [1.54, 1.807) is 45.4 Å². The number of ether oxygens (including phenoxy) is 3. The van der Waals surface area contributed by atoms with Crippen LogP contribution in [-0.2, 0) is 21.4 Å². The van der Waals surface area contributed by atoms with Crippen molar-refractivity contribution >= 4 is 26.7 Å². The molecule has 1 fully saturated rings. The molecule has 0 atom stereocenters. The van der Waals surface area contributed by atoms with Crippen molar-refractivity contribution in [2.75, 3.05) is 41.5 Å². The van der Waals surface area contributed by atoms with E-state index in [0.717, 1.165) is 16.3 Å². The van der Waals surface area contributed by atoms with E-state index in [4.69, 9.17) is 14.2 Å². The van der Waals surface area contributed by atoms with Gasteiger partial charge in [0.05, 0.1) is 26.2 Å². The van der Waals surface area contributed by atoms with Gasteiger partial charge < -0.3 is 19.1 Å². The molecule has 1 saturated heterocycles. The zero-order chi connectivity index (χ0) is 25.9. The Labute approximate surface area is 212 Å². The van der Waals surface area contributed by atoms with Gasteiger partial charge in [-0.05, 0) is 53.4 Å². The first kappa shape index (κ1) is 25.8. The summed E-state index contributed by atoms with van der Waals surface area (Å²) in [7, 11) is 2.78. The van der Waals surface area contributed by atoms with Crippen LogP contribution in [0.15, 0.2) is 59.5 Å². The van der Waals surface area contributed by atoms with Gasteiger partial charge >= 0.3 is 0 Å². The van der Waals surface area contributed by atoms with E-state index in [0.29, 0.717) is 49.7 Å². The van der Waals surface area contributed by atoms with E-state index in [2.05, 4.69) is 0 Å². The third-order valence-corrected chi connectivity index (χ3v) is 8.58. The molecule has 0 spiro atoms. The largest absolute Gasteiger partial charge is 0.493 e. The molecule has 0 saturated carbocycles. The van der Waals surface area contributed by atoms with Crippen molar-refractivity contribution in [3.63, 3.8) is 0 Å². The highest BCUT2D eigenvalue weighted by atomic mass is 32.2. The number of sulfonamides is 1. The molecule has 192 valence electrons. The molecule has 0 radical (unpaired) electrons. The van der Waals surface area contributed by atoms with Crippen LogP contribution < -0.4 is 14.2 Å². The summed E-state index contributed by atoms with van der Waals surface area (Å²) >= 11 is 0. The number of carbonyl (C=O) groups excluding carboxylic acids is 1. The molecular weight excluding hydrogens is 480 g/mol. The molecule has 8 nitrogen and oxygen atoms in total. The fourth-order valence-corrected chi connectivity index (χ4v) is 6.22. The Bertz CT molecular complexity index is 1320. The predicted molar refractivity (Wildman–Crippen MR) is 138 cm³/mol. The number of benzene rings is 3.